The highest BCUT2D eigenvalue weighted by Gasteiger charge is 2.31. The number of aliphatic hydroxyl groups excluding tert-OH is 1. The minimum Gasteiger partial charge on any atom is -0.548 e. The number of hydrogen-bond donors (Lipinski definition) is 15. The minimum atomic E-state index is -1.25. The van der Waals surface area contributed by atoms with E-state index in [1.165, 1.54) is 23.2 Å². The maximum absolute atomic E-state index is 11.4. The molecular formula is C56H83N18O18-5. The fourth-order valence-corrected chi connectivity index (χ4v) is 8.87. The quantitative estimate of drug-likeness (QED) is 0.0362. The Morgan fingerprint density at radius 3 is 1.65 bits per heavy atom. The van der Waals surface area contributed by atoms with E-state index >= 15 is 0 Å². The average Bonchev–Trinajstić information content (AvgIpc) is 1.73. The minimum absolute atomic E-state index is 0.135. The van der Waals surface area contributed by atoms with Crippen molar-refractivity contribution < 1.29 is 88.4 Å². The zero-order valence-corrected chi connectivity index (χ0v) is 51.1. The Morgan fingerprint density at radius 2 is 1.24 bits per heavy atom. The van der Waals surface area contributed by atoms with Crippen LogP contribution in [0.4, 0.5) is 0 Å². The Bertz CT molecular complexity index is 3080. The lowest BCUT2D eigenvalue weighted by atomic mass is 10.1. The van der Waals surface area contributed by atoms with Crippen LogP contribution in [0.2, 0.25) is 0 Å². The van der Waals surface area contributed by atoms with Gasteiger partial charge in [-0.05, 0) is 77.0 Å². The van der Waals surface area contributed by atoms with E-state index in [0.29, 0.717) is 70.3 Å². The lowest BCUT2D eigenvalue weighted by molar-refractivity contribution is -0.311. The van der Waals surface area contributed by atoms with E-state index in [1.54, 1.807) is 38.8 Å². The van der Waals surface area contributed by atoms with E-state index in [9.17, 15) is 73.5 Å². The molecule has 4 aromatic heterocycles. The monoisotopic (exact) mass is 1300 g/mol. The van der Waals surface area contributed by atoms with Gasteiger partial charge in [-0.3, -0.25) is 24.0 Å². The van der Waals surface area contributed by atoms with E-state index in [-0.39, 0.29) is 37.2 Å². The van der Waals surface area contributed by atoms with Crippen LogP contribution >= 0.6 is 0 Å². The number of aryl methyl sites for hydroxylation is 1. The predicted octanol–water partition coefficient (Wildman–Crippen LogP) is -10.6. The van der Waals surface area contributed by atoms with Gasteiger partial charge < -0.3 is 145 Å². The van der Waals surface area contributed by atoms with E-state index in [0.717, 1.165) is 53.1 Å². The van der Waals surface area contributed by atoms with Crippen molar-refractivity contribution in [3.8, 4) is 0 Å². The lowest BCUT2D eigenvalue weighted by Gasteiger charge is -2.26. The number of ether oxygens (including phenoxy) is 1. The number of benzene rings is 1. The third-order valence-electron chi connectivity index (χ3n) is 13.7. The number of carboxylic acids is 6. The molecule has 0 bridgehead atoms. The maximum Gasteiger partial charge on any atom is 0.323 e. The number of primary amides is 1. The van der Waals surface area contributed by atoms with Crippen molar-refractivity contribution in [1.82, 2.24) is 55.3 Å². The zero-order valence-electron chi connectivity index (χ0n) is 51.1. The van der Waals surface area contributed by atoms with Crippen molar-refractivity contribution in [3.05, 3.63) is 90.2 Å². The Kier molecular flexibility index (Phi) is 35.3. The second kappa shape index (κ2) is 41.2. The van der Waals surface area contributed by atoms with Gasteiger partial charge in [0.1, 0.15) is 17.9 Å². The molecule has 0 spiro atoms. The van der Waals surface area contributed by atoms with Gasteiger partial charge >= 0.3 is 11.9 Å². The molecule has 22 N–H and O–H groups in total. The Hall–Kier alpha value is -9.27. The van der Waals surface area contributed by atoms with Gasteiger partial charge in [0, 0.05) is 116 Å². The number of para-hydroxylation sites is 1. The second-order valence-corrected chi connectivity index (χ2v) is 21.0. The standard InChI is InChI=1S/C11H12N2O2.C8H14N2O3.2C7H11N3O2.C7H12N2O3.C6H10N4O.C5H9NO3.C5H9NO2/c12-9(11(14)15)5-7-6-13-10-4-2-1-3-8(7)10;1-5(9)7(11)10-4-2-3-6(10)8(12)13;1-12-7(11)6(8)2-5-3-9-4-10-5;1-4-9-3-5(10-4)2-6(8)7(11)12;8-4-6(10)9-3-1-2-5(9)7(11)12;7-5(6(8)11)1-4-2-9-3-10-4;7-3-1-4(5(8)9)6-2-3;7-5(8)4-2-1-3-6-4/h1-4,6,9,13H,5,12H2,(H,14,15);5-6H,2-4,9H2,1H3,(H,12,13);3-4,6H,2,8H2,1H3,(H,9,10);3,6H,2,8H2,1H3,(H,9,10)(H,11,12);5H,1-4,8H2,(H,11,12);2-3,5H,1,7H2,(H2,8,11)(H,9,10);3-4,6-7H,1-2H2,(H,8,9);4,6H,1-3H2,(H,7,8)/p-5. The number of carbonyl (C=O) groups excluding carboxylic acids is 9. The SMILES string of the molecule is CC(N)C(=O)N1CCCC1C(=O)[O-].COC(=O)C(N)Cc1cnc[nH]1.Cc1ncc(CC(N)C(=O)[O-])[nH]1.NC(=O)C(N)Cc1cnc[nH]1.NC(Cc1c[nH]c2ccccc12)C(=O)O.NCC(=O)N1CCCC1C(=O)[O-].O=C([O-])C1CC(O)CN1.O=C([O-])C1CCCN1. The summed E-state index contributed by atoms with van der Waals surface area (Å²) in [5, 5.41) is 75.3. The van der Waals surface area contributed by atoms with Crippen LogP contribution in [0, 0.1) is 6.92 Å². The van der Waals surface area contributed by atoms with Crippen molar-refractivity contribution in [2.75, 3.05) is 39.8 Å². The van der Waals surface area contributed by atoms with Crippen LogP contribution < -0.4 is 76.3 Å². The Balaban J connectivity index is 0.000000360. The van der Waals surface area contributed by atoms with E-state index in [1.807, 2.05) is 30.5 Å². The van der Waals surface area contributed by atoms with Gasteiger partial charge in [-0.1, -0.05) is 18.2 Å². The number of aromatic amines is 4. The molecule has 5 aromatic rings. The molecule has 4 aliphatic rings. The first-order valence-electron chi connectivity index (χ1n) is 28.8. The number of carboxylic acid groups (broad SMARTS) is 6. The fourth-order valence-electron chi connectivity index (χ4n) is 8.87. The van der Waals surface area contributed by atoms with Crippen molar-refractivity contribution in [1.29, 1.82) is 0 Å². The van der Waals surface area contributed by atoms with Gasteiger partial charge in [0.05, 0.1) is 86.4 Å². The Labute approximate surface area is 527 Å². The molecule has 0 saturated carbocycles. The van der Waals surface area contributed by atoms with Crippen LogP contribution in [0.1, 0.15) is 80.3 Å². The summed E-state index contributed by atoms with van der Waals surface area (Å²) in [4.78, 5) is 131. The predicted molar refractivity (Wildman–Crippen MR) is 315 cm³/mol. The molecule has 92 heavy (non-hydrogen) atoms. The highest BCUT2D eigenvalue weighted by molar-refractivity contribution is 5.87. The van der Waals surface area contributed by atoms with Gasteiger partial charge in [0.2, 0.25) is 17.7 Å². The number of nitrogens with zero attached hydrogens (tertiary/aromatic N) is 5. The summed E-state index contributed by atoms with van der Waals surface area (Å²) in [6.07, 6.45) is 14.9. The largest absolute Gasteiger partial charge is 0.548 e. The molecule has 1 aromatic carbocycles. The molecule has 510 valence electrons. The number of likely N-dealkylation sites (tertiary alicyclic amines) is 2. The van der Waals surface area contributed by atoms with E-state index in [2.05, 4.69) is 50.3 Å². The number of aliphatic carboxylic acids is 6. The lowest BCUT2D eigenvalue weighted by Crippen LogP contribution is -2.51. The number of β-amino-alcohol motifs (C(OH)–C–C–N with tert-alkyl or cyclic N) is 1. The number of nitrogens with two attached hydrogens (primary N) is 7. The summed E-state index contributed by atoms with van der Waals surface area (Å²) in [6.45, 7) is 5.33. The van der Waals surface area contributed by atoms with Crippen molar-refractivity contribution in [3.63, 3.8) is 0 Å². The molecule has 4 aliphatic heterocycles. The number of aromatic nitrogens is 7. The molecule has 10 unspecified atom stereocenters. The van der Waals surface area contributed by atoms with Crippen molar-refractivity contribution >= 4 is 70.4 Å². The third kappa shape index (κ3) is 28.7. The van der Waals surface area contributed by atoms with Crippen LogP contribution in [0.5, 0.6) is 0 Å². The number of H-pyrrole nitrogens is 4. The third-order valence-corrected chi connectivity index (χ3v) is 13.7. The molecule has 4 saturated heterocycles. The zero-order chi connectivity index (χ0) is 69.2. The first-order chi connectivity index (χ1) is 43.4. The van der Waals surface area contributed by atoms with Crippen molar-refractivity contribution in [2.24, 2.45) is 40.1 Å². The molecule has 8 heterocycles. The molecule has 10 atom stereocenters. The van der Waals surface area contributed by atoms with Crippen LogP contribution in [0.15, 0.2) is 61.7 Å². The summed E-state index contributed by atoms with van der Waals surface area (Å²) in [7, 11) is 1.31. The van der Waals surface area contributed by atoms with Crippen LogP contribution in [-0.4, -0.2) is 215 Å². The molecule has 36 nitrogen and oxygen atoms in total. The molecule has 3 amide bonds. The number of imidazole rings is 3. The summed E-state index contributed by atoms with van der Waals surface area (Å²) < 4.78 is 4.46. The summed E-state index contributed by atoms with van der Waals surface area (Å²) in [5.41, 5.74) is 41.4. The van der Waals surface area contributed by atoms with Crippen molar-refractivity contribution in [2.45, 2.75) is 145 Å². The van der Waals surface area contributed by atoms with Crippen LogP contribution in [-0.2, 0) is 78.4 Å². The van der Waals surface area contributed by atoms with E-state index < -0.39 is 102 Å². The highest BCUT2D eigenvalue weighted by atomic mass is 16.5. The summed E-state index contributed by atoms with van der Waals surface area (Å²) in [5.74, 6) is -7.49. The number of aliphatic hydroxyl groups is 1. The number of esters is 1. The van der Waals surface area contributed by atoms with Gasteiger partial charge in [-0.25, -0.2) is 15.0 Å². The molecule has 36 heteroatoms. The average molecular weight is 1300 g/mol. The molecule has 9 rings (SSSR count). The highest BCUT2D eigenvalue weighted by Crippen LogP contribution is 2.20. The van der Waals surface area contributed by atoms with Crippen LogP contribution in [0.3, 0.4) is 0 Å². The molecule has 0 aliphatic carbocycles. The van der Waals surface area contributed by atoms with Gasteiger partial charge in [0.15, 0.2) is 0 Å². The summed E-state index contributed by atoms with van der Waals surface area (Å²) in [6, 6.07) is 1.49. The number of carbonyl (C=O) groups is 10. The number of rotatable bonds is 18. The van der Waals surface area contributed by atoms with Gasteiger partial charge in [0.25, 0.3) is 0 Å². The first-order valence-corrected chi connectivity index (χ1v) is 28.8. The normalized spacial score (nSPS) is 19.2. The number of hydrogen-bond acceptors (Lipinski definition) is 28. The molecular weight excluding hydrogens is 1210 g/mol. The second-order valence-electron chi connectivity index (χ2n) is 21.0. The topological polar surface area (TPSA) is 650 Å². The number of methoxy groups -OCH3 is 1. The van der Waals surface area contributed by atoms with Crippen LogP contribution in [0.25, 0.3) is 10.9 Å². The first kappa shape index (κ1) is 78.8. The fraction of sp³-hybridized carbons (Fsp3) is 0.518. The Morgan fingerprint density at radius 1 is 0.685 bits per heavy atom. The number of fused-ring (bicyclic) bond motifs is 1. The van der Waals surface area contributed by atoms with Gasteiger partial charge in [-0.2, -0.15) is 0 Å². The number of nitrogens with one attached hydrogen (secondary N) is 6. The van der Waals surface area contributed by atoms with E-state index in [4.69, 9.17) is 50.3 Å². The summed E-state index contributed by atoms with van der Waals surface area (Å²) >= 11 is 0. The number of amides is 3. The molecule has 0 radical (unpaired) electrons. The smallest absolute Gasteiger partial charge is 0.323 e. The molecule has 4 fully saturated rings. The maximum atomic E-state index is 11.4. The van der Waals surface area contributed by atoms with Gasteiger partial charge in [-0.15, -0.1) is 0 Å².